The largest absolute Gasteiger partial charge is 0.369 e. The monoisotopic (exact) mass is 319 g/mol. The molecule has 0 aliphatic carbocycles. The van der Waals surface area contributed by atoms with Gasteiger partial charge in [0.25, 0.3) is 0 Å². The molecule has 2 N–H and O–H groups in total. The van der Waals surface area contributed by atoms with Gasteiger partial charge in [-0.25, -0.2) is 0 Å². The van der Waals surface area contributed by atoms with Crippen molar-refractivity contribution in [3.8, 4) is 0 Å². The minimum absolute atomic E-state index is 0.266. The zero-order valence-corrected chi connectivity index (χ0v) is 15.5. The molecule has 1 aromatic heterocycles. The molecule has 0 saturated carbocycles. The lowest BCUT2D eigenvalue weighted by atomic mass is 9.73. The van der Waals surface area contributed by atoms with Gasteiger partial charge < -0.3 is 5.73 Å². The summed E-state index contributed by atoms with van der Waals surface area (Å²) in [6.07, 6.45) is 3.17. The lowest BCUT2D eigenvalue weighted by Gasteiger charge is -2.37. The minimum atomic E-state index is -0.697. The SMILES string of the molecule is CC(C)CC(CCN(C(C)C)C(C)C)(C(N)=O)c1ccccn1. The minimum Gasteiger partial charge on any atom is -0.369 e. The van der Waals surface area contributed by atoms with E-state index in [0.717, 1.165) is 18.7 Å². The number of carbonyl (C=O) groups excluding carboxylic acids is 1. The normalized spacial score (nSPS) is 14.7. The highest BCUT2D eigenvalue weighted by molar-refractivity contribution is 5.86. The van der Waals surface area contributed by atoms with Crippen LogP contribution in [0, 0.1) is 5.92 Å². The van der Waals surface area contributed by atoms with Gasteiger partial charge >= 0.3 is 0 Å². The summed E-state index contributed by atoms with van der Waals surface area (Å²) in [6.45, 7) is 13.8. The molecule has 1 amide bonds. The quantitative estimate of drug-likeness (QED) is 0.759. The van der Waals surface area contributed by atoms with Gasteiger partial charge in [0.1, 0.15) is 0 Å². The van der Waals surface area contributed by atoms with E-state index < -0.39 is 5.41 Å². The van der Waals surface area contributed by atoms with Crippen molar-refractivity contribution in [1.29, 1.82) is 0 Å². The molecule has 0 radical (unpaired) electrons. The van der Waals surface area contributed by atoms with Crippen molar-refractivity contribution in [1.82, 2.24) is 9.88 Å². The van der Waals surface area contributed by atoms with E-state index >= 15 is 0 Å². The molecule has 0 saturated heterocycles. The molecular formula is C19H33N3O. The van der Waals surface area contributed by atoms with E-state index in [2.05, 4.69) is 51.4 Å². The number of amides is 1. The fourth-order valence-corrected chi connectivity index (χ4v) is 3.46. The number of primary amides is 1. The summed E-state index contributed by atoms with van der Waals surface area (Å²) in [4.78, 5) is 19.4. The Bertz CT molecular complexity index is 477. The zero-order chi connectivity index (χ0) is 17.6. The molecule has 0 aromatic carbocycles. The standard InChI is InChI=1S/C19H33N3O/c1-14(2)13-19(18(20)23,17-9-7-8-11-21-17)10-12-22(15(3)4)16(5)6/h7-9,11,14-16H,10,12-13H2,1-6H3,(H2,20,23). The molecule has 1 unspecified atom stereocenters. The summed E-state index contributed by atoms with van der Waals surface area (Å²) in [7, 11) is 0. The van der Waals surface area contributed by atoms with Crippen LogP contribution in [0.2, 0.25) is 0 Å². The third-order valence-electron chi connectivity index (χ3n) is 4.51. The maximum absolute atomic E-state index is 12.5. The Morgan fingerprint density at radius 1 is 1.17 bits per heavy atom. The Kier molecular flexibility index (Phi) is 7.20. The van der Waals surface area contributed by atoms with Crippen molar-refractivity contribution in [2.24, 2.45) is 11.7 Å². The number of hydrogen-bond acceptors (Lipinski definition) is 3. The lowest BCUT2D eigenvalue weighted by molar-refractivity contribution is -0.125. The molecule has 0 fully saturated rings. The smallest absolute Gasteiger partial charge is 0.229 e. The van der Waals surface area contributed by atoms with Gasteiger partial charge in [-0.2, -0.15) is 0 Å². The third kappa shape index (κ3) is 5.03. The summed E-state index contributed by atoms with van der Waals surface area (Å²) in [5.41, 5.74) is 6.00. The molecule has 0 bridgehead atoms. The predicted octanol–water partition coefficient (Wildman–Crippen LogP) is 3.36. The summed E-state index contributed by atoms with van der Waals surface area (Å²) < 4.78 is 0. The van der Waals surface area contributed by atoms with Crippen LogP contribution in [0.5, 0.6) is 0 Å². The van der Waals surface area contributed by atoms with Crippen molar-refractivity contribution in [2.75, 3.05) is 6.54 Å². The maximum Gasteiger partial charge on any atom is 0.229 e. The van der Waals surface area contributed by atoms with Crippen LogP contribution in [0.4, 0.5) is 0 Å². The first-order valence-corrected chi connectivity index (χ1v) is 8.68. The van der Waals surface area contributed by atoms with Crippen molar-refractivity contribution >= 4 is 5.91 Å². The summed E-state index contributed by atoms with van der Waals surface area (Å²) >= 11 is 0. The molecule has 1 rings (SSSR count). The van der Waals surface area contributed by atoms with Crippen LogP contribution in [0.15, 0.2) is 24.4 Å². The average molecular weight is 319 g/mol. The number of rotatable bonds is 9. The van der Waals surface area contributed by atoms with Crippen molar-refractivity contribution in [2.45, 2.75) is 71.9 Å². The Morgan fingerprint density at radius 3 is 2.17 bits per heavy atom. The zero-order valence-electron chi connectivity index (χ0n) is 15.5. The Labute approximate surface area is 141 Å². The molecule has 1 atom stereocenters. The van der Waals surface area contributed by atoms with Crippen LogP contribution >= 0.6 is 0 Å². The number of carbonyl (C=O) groups is 1. The van der Waals surface area contributed by atoms with E-state index in [1.807, 2.05) is 18.2 Å². The molecule has 1 heterocycles. The molecule has 4 nitrogen and oxygen atoms in total. The fourth-order valence-electron chi connectivity index (χ4n) is 3.46. The van der Waals surface area contributed by atoms with Gasteiger partial charge in [0, 0.05) is 24.8 Å². The topological polar surface area (TPSA) is 59.2 Å². The van der Waals surface area contributed by atoms with Crippen LogP contribution in [-0.4, -0.2) is 34.4 Å². The number of nitrogens with two attached hydrogens (primary N) is 1. The molecule has 1 aromatic rings. The predicted molar refractivity (Wildman–Crippen MR) is 96.2 cm³/mol. The molecule has 0 aliphatic heterocycles. The Morgan fingerprint density at radius 2 is 1.78 bits per heavy atom. The number of aromatic nitrogens is 1. The van der Waals surface area contributed by atoms with Gasteiger partial charge in [-0.1, -0.05) is 19.9 Å². The highest BCUT2D eigenvalue weighted by Gasteiger charge is 2.40. The van der Waals surface area contributed by atoms with Gasteiger partial charge in [0.05, 0.1) is 11.1 Å². The molecular weight excluding hydrogens is 286 g/mol. The van der Waals surface area contributed by atoms with Crippen molar-refractivity contribution in [3.63, 3.8) is 0 Å². The first-order valence-electron chi connectivity index (χ1n) is 8.68. The van der Waals surface area contributed by atoms with Crippen LogP contribution < -0.4 is 5.73 Å². The van der Waals surface area contributed by atoms with Gasteiger partial charge in [0.15, 0.2) is 0 Å². The Hall–Kier alpha value is -1.42. The van der Waals surface area contributed by atoms with Crippen LogP contribution in [0.1, 0.15) is 60.1 Å². The first-order chi connectivity index (χ1) is 10.7. The second kappa shape index (κ2) is 8.44. The second-order valence-electron chi connectivity index (χ2n) is 7.43. The number of hydrogen-bond donors (Lipinski definition) is 1. The van der Waals surface area contributed by atoms with Crippen LogP contribution in [0.3, 0.4) is 0 Å². The van der Waals surface area contributed by atoms with Crippen LogP contribution in [-0.2, 0) is 10.2 Å². The first kappa shape index (κ1) is 19.6. The van der Waals surface area contributed by atoms with Gasteiger partial charge in [0.2, 0.25) is 5.91 Å². The fraction of sp³-hybridized carbons (Fsp3) is 0.684. The van der Waals surface area contributed by atoms with E-state index in [0.29, 0.717) is 24.4 Å². The van der Waals surface area contributed by atoms with Gasteiger partial charge in [-0.3, -0.25) is 14.7 Å². The maximum atomic E-state index is 12.5. The molecule has 130 valence electrons. The average Bonchev–Trinajstić information content (AvgIpc) is 2.45. The molecule has 0 aliphatic rings. The summed E-state index contributed by atoms with van der Waals surface area (Å²) in [5, 5.41) is 0. The molecule has 23 heavy (non-hydrogen) atoms. The van der Waals surface area contributed by atoms with Gasteiger partial charge in [-0.15, -0.1) is 0 Å². The van der Waals surface area contributed by atoms with E-state index in [1.165, 1.54) is 0 Å². The second-order valence-corrected chi connectivity index (χ2v) is 7.43. The molecule has 0 spiro atoms. The molecule has 4 heteroatoms. The summed E-state index contributed by atoms with van der Waals surface area (Å²) in [6, 6.07) is 6.61. The number of pyridine rings is 1. The van der Waals surface area contributed by atoms with Crippen molar-refractivity contribution < 1.29 is 4.79 Å². The van der Waals surface area contributed by atoms with E-state index in [9.17, 15) is 4.79 Å². The van der Waals surface area contributed by atoms with E-state index in [4.69, 9.17) is 5.73 Å². The van der Waals surface area contributed by atoms with E-state index in [1.54, 1.807) is 6.20 Å². The highest BCUT2D eigenvalue weighted by Crippen LogP contribution is 2.34. The van der Waals surface area contributed by atoms with Crippen molar-refractivity contribution in [3.05, 3.63) is 30.1 Å². The number of nitrogens with zero attached hydrogens (tertiary/aromatic N) is 2. The van der Waals surface area contributed by atoms with Gasteiger partial charge in [-0.05, 0) is 58.6 Å². The van der Waals surface area contributed by atoms with Crippen LogP contribution in [0.25, 0.3) is 0 Å². The lowest BCUT2D eigenvalue weighted by Crippen LogP contribution is -2.47. The third-order valence-corrected chi connectivity index (χ3v) is 4.51. The summed E-state index contributed by atoms with van der Waals surface area (Å²) in [5.74, 6) is 0.105. The highest BCUT2D eigenvalue weighted by atomic mass is 16.1. The van der Waals surface area contributed by atoms with E-state index in [-0.39, 0.29) is 5.91 Å². The Balaban J connectivity index is 3.15.